The predicted molar refractivity (Wildman–Crippen MR) is 178 cm³/mol. The molecule has 0 spiro atoms. The Morgan fingerprint density at radius 1 is 0.395 bits per heavy atom. The van der Waals surface area contributed by atoms with Crippen LogP contribution in [0.2, 0.25) is 0 Å². The highest BCUT2D eigenvalue weighted by atomic mass is 32.1. The van der Waals surface area contributed by atoms with Crippen LogP contribution in [-0.4, -0.2) is 19.9 Å². The Kier molecular flexibility index (Phi) is 6.28. The summed E-state index contributed by atoms with van der Waals surface area (Å²) in [5, 5.41) is 2.41. The fraction of sp³-hybridized carbons (Fsp3) is 0. The number of aromatic nitrogens is 4. The van der Waals surface area contributed by atoms with Gasteiger partial charge in [-0.05, 0) is 34.9 Å². The van der Waals surface area contributed by atoms with E-state index in [1.54, 1.807) is 11.3 Å². The van der Waals surface area contributed by atoms with E-state index in [2.05, 4.69) is 102 Å². The van der Waals surface area contributed by atoms with Crippen molar-refractivity contribution in [2.45, 2.75) is 0 Å². The van der Waals surface area contributed by atoms with E-state index in [1.165, 1.54) is 20.2 Å². The number of hydrogen-bond acceptors (Lipinski definition) is 5. The molecule has 0 aliphatic rings. The summed E-state index contributed by atoms with van der Waals surface area (Å²) in [6.45, 7) is 0. The van der Waals surface area contributed by atoms with Gasteiger partial charge in [0.15, 0.2) is 17.5 Å². The molecular formula is C38H24N4S. The molecule has 202 valence electrons. The van der Waals surface area contributed by atoms with Crippen molar-refractivity contribution in [1.82, 2.24) is 19.9 Å². The van der Waals surface area contributed by atoms with Gasteiger partial charge in [-0.3, -0.25) is 4.98 Å². The van der Waals surface area contributed by atoms with Gasteiger partial charge in [0, 0.05) is 54.8 Å². The lowest BCUT2D eigenvalue weighted by Gasteiger charge is -2.11. The van der Waals surface area contributed by atoms with Crippen molar-refractivity contribution < 1.29 is 0 Å². The van der Waals surface area contributed by atoms with Gasteiger partial charge in [0.2, 0.25) is 0 Å². The molecule has 0 amide bonds. The van der Waals surface area contributed by atoms with Crippen LogP contribution < -0.4 is 0 Å². The highest BCUT2D eigenvalue weighted by Gasteiger charge is 2.15. The van der Waals surface area contributed by atoms with Gasteiger partial charge >= 0.3 is 0 Å². The molecule has 0 aliphatic heterocycles. The maximum atomic E-state index is 5.03. The van der Waals surface area contributed by atoms with Gasteiger partial charge in [0.05, 0.1) is 0 Å². The summed E-state index contributed by atoms with van der Waals surface area (Å²) in [6.07, 6.45) is 3.93. The normalized spacial score (nSPS) is 11.3. The average Bonchev–Trinajstić information content (AvgIpc) is 3.48. The van der Waals surface area contributed by atoms with Gasteiger partial charge < -0.3 is 0 Å². The van der Waals surface area contributed by atoms with Crippen LogP contribution in [0.4, 0.5) is 0 Å². The van der Waals surface area contributed by atoms with Crippen LogP contribution in [-0.2, 0) is 0 Å². The SMILES string of the molecule is c1ccc(-c2cccc(-c3nc(-c4ccccc4)nc(-c4cccc(-c5cncc6c5sc5ccccc56)c4)n3)c2)cc1. The maximum absolute atomic E-state index is 5.03. The molecule has 5 heteroatoms. The molecule has 0 aliphatic carbocycles. The van der Waals surface area contributed by atoms with E-state index < -0.39 is 0 Å². The van der Waals surface area contributed by atoms with E-state index in [9.17, 15) is 0 Å². The minimum absolute atomic E-state index is 0.632. The number of fused-ring (bicyclic) bond motifs is 3. The summed E-state index contributed by atoms with van der Waals surface area (Å²) in [6, 6.07) is 45.8. The quantitative estimate of drug-likeness (QED) is 0.207. The topological polar surface area (TPSA) is 51.6 Å². The second kappa shape index (κ2) is 10.7. The molecule has 43 heavy (non-hydrogen) atoms. The number of pyridine rings is 1. The lowest BCUT2D eigenvalue weighted by Crippen LogP contribution is -2.00. The summed E-state index contributed by atoms with van der Waals surface area (Å²) in [4.78, 5) is 19.6. The third-order valence-corrected chi connectivity index (χ3v) is 8.83. The Morgan fingerprint density at radius 2 is 0.930 bits per heavy atom. The minimum atomic E-state index is 0.632. The van der Waals surface area contributed by atoms with Crippen molar-refractivity contribution in [1.29, 1.82) is 0 Å². The van der Waals surface area contributed by atoms with Crippen molar-refractivity contribution in [3.05, 3.63) is 146 Å². The number of benzene rings is 5. The van der Waals surface area contributed by atoms with Crippen molar-refractivity contribution in [3.8, 4) is 56.4 Å². The molecular weight excluding hydrogens is 545 g/mol. The molecule has 0 unspecified atom stereocenters. The summed E-state index contributed by atoms with van der Waals surface area (Å²) in [5.74, 6) is 1.91. The average molecular weight is 569 g/mol. The maximum Gasteiger partial charge on any atom is 0.164 e. The monoisotopic (exact) mass is 568 g/mol. The molecule has 5 aromatic carbocycles. The number of hydrogen-bond donors (Lipinski definition) is 0. The Morgan fingerprint density at radius 3 is 1.65 bits per heavy atom. The molecule has 0 fully saturated rings. The zero-order chi connectivity index (χ0) is 28.6. The highest BCUT2D eigenvalue weighted by Crippen LogP contribution is 2.40. The molecule has 4 nitrogen and oxygen atoms in total. The van der Waals surface area contributed by atoms with E-state index in [4.69, 9.17) is 15.0 Å². The van der Waals surface area contributed by atoms with Crippen molar-refractivity contribution in [3.63, 3.8) is 0 Å². The Bertz CT molecular complexity index is 2240. The molecule has 0 bridgehead atoms. The van der Waals surface area contributed by atoms with E-state index in [-0.39, 0.29) is 0 Å². The molecule has 3 heterocycles. The van der Waals surface area contributed by atoms with Crippen LogP contribution in [0.5, 0.6) is 0 Å². The molecule has 8 aromatic rings. The van der Waals surface area contributed by atoms with Gasteiger partial charge in [-0.1, -0.05) is 115 Å². The van der Waals surface area contributed by atoms with Crippen LogP contribution in [0.15, 0.2) is 146 Å². The first-order valence-electron chi connectivity index (χ1n) is 14.1. The number of rotatable bonds is 5. The lowest BCUT2D eigenvalue weighted by molar-refractivity contribution is 1.07. The summed E-state index contributed by atoms with van der Waals surface area (Å²) in [5.41, 5.74) is 7.27. The van der Waals surface area contributed by atoms with Crippen molar-refractivity contribution in [2.24, 2.45) is 0 Å². The molecule has 3 aromatic heterocycles. The van der Waals surface area contributed by atoms with Gasteiger partial charge in [0.25, 0.3) is 0 Å². The highest BCUT2D eigenvalue weighted by molar-refractivity contribution is 7.26. The standard InChI is InChI=1S/C38H24N4S/c1-3-11-25(12-4-1)27-15-9-17-29(21-27)37-40-36(26-13-5-2-6-14-26)41-38(42-37)30-18-10-16-28(22-30)32-23-39-24-33-31-19-7-8-20-34(31)43-35(32)33/h1-24H. The predicted octanol–water partition coefficient (Wildman–Crippen LogP) is 9.97. The van der Waals surface area contributed by atoms with Crippen molar-refractivity contribution >= 4 is 31.5 Å². The first kappa shape index (κ1) is 25.2. The van der Waals surface area contributed by atoms with E-state index in [0.29, 0.717) is 17.5 Å². The minimum Gasteiger partial charge on any atom is -0.263 e. The summed E-state index contributed by atoms with van der Waals surface area (Å²) >= 11 is 1.80. The lowest BCUT2D eigenvalue weighted by atomic mass is 10.0. The summed E-state index contributed by atoms with van der Waals surface area (Å²) in [7, 11) is 0. The molecule has 0 radical (unpaired) electrons. The first-order valence-corrected chi connectivity index (χ1v) is 15.0. The van der Waals surface area contributed by atoms with E-state index >= 15 is 0 Å². The fourth-order valence-electron chi connectivity index (χ4n) is 5.49. The molecule has 0 atom stereocenters. The van der Waals surface area contributed by atoms with Crippen LogP contribution in [0.3, 0.4) is 0 Å². The Balaban J connectivity index is 1.28. The van der Waals surface area contributed by atoms with Crippen LogP contribution in [0.1, 0.15) is 0 Å². The zero-order valence-corrected chi connectivity index (χ0v) is 23.9. The molecule has 8 rings (SSSR count). The van der Waals surface area contributed by atoms with Crippen LogP contribution in [0.25, 0.3) is 76.6 Å². The van der Waals surface area contributed by atoms with Crippen molar-refractivity contribution in [2.75, 3.05) is 0 Å². The van der Waals surface area contributed by atoms with Gasteiger partial charge in [-0.15, -0.1) is 11.3 Å². The second-order valence-corrected chi connectivity index (χ2v) is 11.4. The largest absolute Gasteiger partial charge is 0.263 e. The fourth-order valence-corrected chi connectivity index (χ4v) is 6.70. The van der Waals surface area contributed by atoms with E-state index in [1.807, 2.05) is 48.8 Å². The van der Waals surface area contributed by atoms with Gasteiger partial charge in [-0.2, -0.15) is 0 Å². The molecule has 0 N–H and O–H groups in total. The second-order valence-electron chi connectivity index (χ2n) is 10.4. The number of nitrogens with zero attached hydrogens (tertiary/aromatic N) is 4. The Hall–Kier alpha value is -5.52. The van der Waals surface area contributed by atoms with Gasteiger partial charge in [-0.25, -0.2) is 15.0 Å². The molecule has 0 saturated carbocycles. The first-order chi connectivity index (χ1) is 21.3. The summed E-state index contributed by atoms with van der Waals surface area (Å²) < 4.78 is 2.49. The number of thiophene rings is 1. The van der Waals surface area contributed by atoms with E-state index in [0.717, 1.165) is 38.9 Å². The third-order valence-electron chi connectivity index (χ3n) is 7.61. The smallest absolute Gasteiger partial charge is 0.164 e. The van der Waals surface area contributed by atoms with Crippen LogP contribution in [0, 0.1) is 0 Å². The van der Waals surface area contributed by atoms with Gasteiger partial charge in [0.1, 0.15) is 0 Å². The zero-order valence-electron chi connectivity index (χ0n) is 23.1. The molecule has 0 saturated heterocycles. The third kappa shape index (κ3) is 4.76. The Labute approximate surface area is 253 Å². The van der Waals surface area contributed by atoms with Crippen LogP contribution >= 0.6 is 11.3 Å².